The van der Waals surface area contributed by atoms with Gasteiger partial charge in [0, 0.05) is 17.5 Å². The van der Waals surface area contributed by atoms with Crippen molar-refractivity contribution >= 4 is 11.6 Å². The molecule has 2 fully saturated rings. The van der Waals surface area contributed by atoms with E-state index in [1.165, 1.54) is 44.2 Å². The van der Waals surface area contributed by atoms with Gasteiger partial charge in [0.2, 0.25) is 0 Å². The summed E-state index contributed by atoms with van der Waals surface area (Å²) >= 11 is 6.53. The van der Waals surface area contributed by atoms with Gasteiger partial charge in [0.15, 0.2) is 0 Å². The van der Waals surface area contributed by atoms with Gasteiger partial charge in [-0.05, 0) is 54.7 Å². The van der Waals surface area contributed by atoms with E-state index in [9.17, 15) is 0 Å². The van der Waals surface area contributed by atoms with Crippen molar-refractivity contribution in [2.45, 2.75) is 51.9 Å². The van der Waals surface area contributed by atoms with E-state index in [2.05, 4.69) is 37.4 Å². The van der Waals surface area contributed by atoms with Gasteiger partial charge in [0.05, 0.1) is 0 Å². The normalized spacial score (nSPS) is 33.5. The highest BCUT2D eigenvalue weighted by molar-refractivity contribution is 6.31. The lowest BCUT2D eigenvalue weighted by Crippen LogP contribution is -2.46. The molecule has 0 radical (unpaired) electrons. The zero-order valence-electron chi connectivity index (χ0n) is 13.4. The Balaban J connectivity index is 1.92. The Morgan fingerprint density at radius 1 is 1.24 bits per heavy atom. The molecule has 3 rings (SSSR count). The first-order valence-electron chi connectivity index (χ1n) is 8.57. The highest BCUT2D eigenvalue weighted by Gasteiger charge is 2.45. The average Bonchev–Trinajstić information content (AvgIpc) is 2.49. The quantitative estimate of drug-likeness (QED) is 0.787. The second-order valence-electron chi connectivity index (χ2n) is 7.49. The Bertz CT molecular complexity index is 480. The molecule has 3 unspecified atom stereocenters. The zero-order valence-corrected chi connectivity index (χ0v) is 14.1. The fraction of sp³-hybridized carbons (Fsp3) is 0.684. The van der Waals surface area contributed by atoms with E-state index < -0.39 is 0 Å². The summed E-state index contributed by atoms with van der Waals surface area (Å²) in [7, 11) is 0. The van der Waals surface area contributed by atoms with Crippen LogP contribution in [0.3, 0.4) is 0 Å². The fourth-order valence-electron chi connectivity index (χ4n) is 4.73. The van der Waals surface area contributed by atoms with Crippen LogP contribution in [0.4, 0.5) is 0 Å². The minimum absolute atomic E-state index is 0.476. The molecule has 0 bridgehead atoms. The van der Waals surface area contributed by atoms with Crippen LogP contribution >= 0.6 is 11.6 Å². The Labute approximate surface area is 134 Å². The Hall–Kier alpha value is -0.530. The van der Waals surface area contributed by atoms with Crippen molar-refractivity contribution < 1.29 is 0 Å². The molecular formula is C19H28ClN. The Morgan fingerprint density at radius 2 is 2.05 bits per heavy atom. The molecule has 1 N–H and O–H groups in total. The van der Waals surface area contributed by atoms with E-state index in [0.29, 0.717) is 11.3 Å². The van der Waals surface area contributed by atoms with E-state index in [1.54, 1.807) is 0 Å². The first-order chi connectivity index (χ1) is 10.1. The molecule has 1 spiro atoms. The number of halogens is 1. The average molecular weight is 306 g/mol. The first kappa shape index (κ1) is 15.4. The molecule has 2 aliphatic rings. The van der Waals surface area contributed by atoms with Crippen molar-refractivity contribution in [1.82, 2.24) is 5.32 Å². The molecule has 2 heteroatoms. The van der Waals surface area contributed by atoms with Gasteiger partial charge in [-0.15, -0.1) is 0 Å². The first-order valence-corrected chi connectivity index (χ1v) is 8.95. The van der Waals surface area contributed by atoms with Crippen molar-refractivity contribution in [3.63, 3.8) is 0 Å². The summed E-state index contributed by atoms with van der Waals surface area (Å²) in [4.78, 5) is 0. The largest absolute Gasteiger partial charge is 0.316 e. The third kappa shape index (κ3) is 3.00. The van der Waals surface area contributed by atoms with E-state index in [1.807, 2.05) is 6.07 Å². The summed E-state index contributed by atoms with van der Waals surface area (Å²) in [5.74, 6) is 2.28. The van der Waals surface area contributed by atoms with Crippen LogP contribution in [0.1, 0.15) is 57.4 Å². The van der Waals surface area contributed by atoms with Crippen LogP contribution < -0.4 is 5.32 Å². The smallest absolute Gasteiger partial charge is 0.0441 e. The summed E-state index contributed by atoms with van der Waals surface area (Å²) < 4.78 is 0. The van der Waals surface area contributed by atoms with Crippen LogP contribution in [0.25, 0.3) is 0 Å². The van der Waals surface area contributed by atoms with Crippen molar-refractivity contribution in [3.8, 4) is 0 Å². The summed E-state index contributed by atoms with van der Waals surface area (Å²) in [6.45, 7) is 7.06. The lowest BCUT2D eigenvalue weighted by atomic mass is 9.57. The topological polar surface area (TPSA) is 12.0 Å². The molecule has 1 saturated carbocycles. The van der Waals surface area contributed by atoms with Gasteiger partial charge < -0.3 is 5.32 Å². The summed E-state index contributed by atoms with van der Waals surface area (Å²) in [5, 5.41) is 4.57. The third-order valence-electron chi connectivity index (χ3n) is 6.03. The molecule has 1 aromatic carbocycles. The summed E-state index contributed by atoms with van der Waals surface area (Å²) in [6, 6.07) is 8.50. The number of hydrogen-bond acceptors (Lipinski definition) is 1. The standard InChI is InChI=1S/C19H28ClN/c1-14(2)15-6-5-9-19(12-15)10-11-21-13-17(19)16-7-3-4-8-18(16)20/h3-4,7-8,14-15,17,21H,5-6,9-13H2,1-2H3. The van der Waals surface area contributed by atoms with E-state index >= 15 is 0 Å². The minimum Gasteiger partial charge on any atom is -0.316 e. The molecule has 0 aromatic heterocycles. The van der Waals surface area contributed by atoms with Gasteiger partial charge in [-0.2, -0.15) is 0 Å². The molecule has 1 nitrogen and oxygen atoms in total. The molecular weight excluding hydrogens is 278 g/mol. The summed E-state index contributed by atoms with van der Waals surface area (Å²) in [5.41, 5.74) is 1.85. The lowest BCUT2D eigenvalue weighted by Gasteiger charge is -2.50. The SMILES string of the molecule is CC(C)C1CCCC2(CCNCC2c2ccccc2Cl)C1. The van der Waals surface area contributed by atoms with Crippen LogP contribution in [0.2, 0.25) is 5.02 Å². The van der Waals surface area contributed by atoms with Crippen molar-refractivity contribution in [3.05, 3.63) is 34.9 Å². The molecule has 3 atom stereocenters. The van der Waals surface area contributed by atoms with Crippen molar-refractivity contribution in [2.75, 3.05) is 13.1 Å². The Kier molecular flexibility index (Phi) is 4.61. The number of benzene rings is 1. The summed E-state index contributed by atoms with van der Waals surface area (Å²) in [6.07, 6.45) is 6.90. The second-order valence-corrected chi connectivity index (χ2v) is 7.90. The molecule has 1 saturated heterocycles. The van der Waals surface area contributed by atoms with E-state index in [0.717, 1.165) is 23.4 Å². The molecule has 0 amide bonds. The van der Waals surface area contributed by atoms with Crippen LogP contribution in [-0.4, -0.2) is 13.1 Å². The van der Waals surface area contributed by atoms with Gasteiger partial charge in [-0.1, -0.05) is 56.5 Å². The highest BCUT2D eigenvalue weighted by atomic mass is 35.5. The maximum atomic E-state index is 6.53. The van der Waals surface area contributed by atoms with Gasteiger partial charge in [0.1, 0.15) is 0 Å². The predicted molar refractivity (Wildman–Crippen MR) is 90.9 cm³/mol. The van der Waals surface area contributed by atoms with Crippen LogP contribution in [-0.2, 0) is 0 Å². The third-order valence-corrected chi connectivity index (χ3v) is 6.37. The highest BCUT2D eigenvalue weighted by Crippen LogP contribution is 2.54. The molecule has 1 aromatic rings. The Morgan fingerprint density at radius 3 is 2.81 bits per heavy atom. The van der Waals surface area contributed by atoms with Crippen LogP contribution in [0, 0.1) is 17.3 Å². The minimum atomic E-state index is 0.476. The predicted octanol–water partition coefficient (Wildman–Crippen LogP) is 5.25. The van der Waals surface area contributed by atoms with Crippen LogP contribution in [0.5, 0.6) is 0 Å². The van der Waals surface area contributed by atoms with E-state index in [4.69, 9.17) is 11.6 Å². The van der Waals surface area contributed by atoms with Gasteiger partial charge in [0.25, 0.3) is 0 Å². The molecule has 116 valence electrons. The molecule has 1 heterocycles. The number of piperidine rings is 1. The van der Waals surface area contributed by atoms with Crippen molar-refractivity contribution in [2.24, 2.45) is 17.3 Å². The van der Waals surface area contributed by atoms with Gasteiger partial charge in [-0.25, -0.2) is 0 Å². The molecule has 21 heavy (non-hydrogen) atoms. The zero-order chi connectivity index (χ0) is 14.9. The second kappa shape index (κ2) is 6.30. The number of hydrogen-bond donors (Lipinski definition) is 1. The number of rotatable bonds is 2. The van der Waals surface area contributed by atoms with Gasteiger partial charge >= 0.3 is 0 Å². The molecule has 1 aliphatic heterocycles. The maximum Gasteiger partial charge on any atom is 0.0441 e. The van der Waals surface area contributed by atoms with Crippen molar-refractivity contribution in [1.29, 1.82) is 0 Å². The fourth-order valence-corrected chi connectivity index (χ4v) is 4.99. The van der Waals surface area contributed by atoms with Gasteiger partial charge in [-0.3, -0.25) is 0 Å². The van der Waals surface area contributed by atoms with Crippen LogP contribution in [0.15, 0.2) is 24.3 Å². The van der Waals surface area contributed by atoms with E-state index in [-0.39, 0.29) is 0 Å². The lowest BCUT2D eigenvalue weighted by molar-refractivity contribution is 0.0545. The molecule has 1 aliphatic carbocycles. The monoisotopic (exact) mass is 305 g/mol. The maximum absolute atomic E-state index is 6.53. The number of nitrogens with one attached hydrogen (secondary N) is 1.